The van der Waals surface area contributed by atoms with Gasteiger partial charge in [-0.05, 0) is 36.8 Å². The second kappa shape index (κ2) is 19.8. The van der Waals surface area contributed by atoms with Crippen LogP contribution in [-0.2, 0) is 40.0 Å². The van der Waals surface area contributed by atoms with Gasteiger partial charge in [-0.1, -0.05) is 49.3 Å². The molecule has 0 fully saturated rings. The van der Waals surface area contributed by atoms with Crippen molar-refractivity contribution in [2.75, 3.05) is 33.0 Å². The SMILES string of the molecule is CC(=O)C[C@@H](CC(=O)OCc1ccccc1)C(=O)N[C@H](CC(C)C)C(=O)CCCOCCOCCN=[N+]=[N-]. The van der Waals surface area contributed by atoms with Crippen molar-refractivity contribution in [3.05, 3.63) is 46.3 Å². The van der Waals surface area contributed by atoms with Crippen LogP contribution in [0.1, 0.15) is 58.4 Å². The largest absolute Gasteiger partial charge is 0.461 e. The van der Waals surface area contributed by atoms with E-state index in [1.54, 1.807) is 0 Å². The maximum Gasteiger partial charge on any atom is 0.306 e. The van der Waals surface area contributed by atoms with Crippen LogP contribution in [0.5, 0.6) is 0 Å². The lowest BCUT2D eigenvalue weighted by molar-refractivity contribution is -0.148. The Morgan fingerprint density at radius 3 is 2.32 bits per heavy atom. The zero-order valence-corrected chi connectivity index (χ0v) is 22.6. The highest BCUT2D eigenvalue weighted by Crippen LogP contribution is 2.15. The molecule has 0 spiro atoms. The van der Waals surface area contributed by atoms with Gasteiger partial charge in [-0.25, -0.2) is 0 Å². The van der Waals surface area contributed by atoms with E-state index in [-0.39, 0.29) is 49.9 Å². The summed E-state index contributed by atoms with van der Waals surface area (Å²) in [5.41, 5.74) is 9.01. The average molecular weight is 533 g/mol. The third-order valence-electron chi connectivity index (χ3n) is 5.46. The van der Waals surface area contributed by atoms with Gasteiger partial charge in [0.25, 0.3) is 0 Å². The standard InChI is InChI=1S/C27H40N4O7/c1-20(2)16-24(25(33)10-7-12-36-14-15-37-13-11-29-31-28)30-27(35)23(17-21(3)32)18-26(34)38-19-22-8-5-4-6-9-22/h4-6,8-9,20,23-24H,7,10-19H2,1-3H3,(H,30,35)/t23-,24+/m0/s1. The summed E-state index contributed by atoms with van der Waals surface area (Å²) in [6.45, 7) is 6.97. The molecule has 0 aliphatic rings. The Bertz CT molecular complexity index is 917. The minimum absolute atomic E-state index is 0.0759. The molecule has 0 saturated heterocycles. The van der Waals surface area contributed by atoms with E-state index in [9.17, 15) is 19.2 Å². The zero-order chi connectivity index (χ0) is 28.2. The number of ether oxygens (including phenoxy) is 3. The van der Waals surface area contributed by atoms with Crippen LogP contribution in [-0.4, -0.2) is 62.5 Å². The number of carbonyl (C=O) groups is 4. The molecule has 38 heavy (non-hydrogen) atoms. The third kappa shape index (κ3) is 15.8. The van der Waals surface area contributed by atoms with Crippen LogP contribution in [0, 0.1) is 11.8 Å². The van der Waals surface area contributed by atoms with E-state index in [1.165, 1.54) is 6.92 Å². The maximum absolute atomic E-state index is 13.0. The van der Waals surface area contributed by atoms with E-state index in [0.29, 0.717) is 39.3 Å². The molecule has 0 aliphatic heterocycles. The summed E-state index contributed by atoms with van der Waals surface area (Å²) in [7, 11) is 0. The molecule has 1 rings (SSSR count). The summed E-state index contributed by atoms with van der Waals surface area (Å²) in [5, 5.41) is 6.14. The van der Waals surface area contributed by atoms with Gasteiger partial charge < -0.3 is 24.3 Å². The Morgan fingerprint density at radius 1 is 1.00 bits per heavy atom. The molecule has 0 radical (unpaired) electrons. The number of azide groups is 1. The Balaban J connectivity index is 2.56. The number of rotatable bonds is 21. The van der Waals surface area contributed by atoms with Gasteiger partial charge in [-0.2, -0.15) is 0 Å². The Kier molecular flexibility index (Phi) is 17.1. The molecule has 0 aliphatic carbocycles. The van der Waals surface area contributed by atoms with Crippen LogP contribution in [0.2, 0.25) is 0 Å². The van der Waals surface area contributed by atoms with Crippen molar-refractivity contribution >= 4 is 23.4 Å². The molecule has 1 aromatic carbocycles. The van der Waals surface area contributed by atoms with Crippen molar-refractivity contribution in [1.29, 1.82) is 0 Å². The first kappa shape index (κ1) is 32.8. The summed E-state index contributed by atoms with van der Waals surface area (Å²) in [4.78, 5) is 52.7. The minimum Gasteiger partial charge on any atom is -0.461 e. The van der Waals surface area contributed by atoms with Gasteiger partial charge in [-0.15, -0.1) is 0 Å². The lowest BCUT2D eigenvalue weighted by Gasteiger charge is -2.23. The lowest BCUT2D eigenvalue weighted by Crippen LogP contribution is -2.45. The lowest BCUT2D eigenvalue weighted by atomic mass is 9.94. The first-order valence-electron chi connectivity index (χ1n) is 12.9. The Labute approximate surface area is 224 Å². The van der Waals surface area contributed by atoms with Gasteiger partial charge in [0.2, 0.25) is 5.91 Å². The smallest absolute Gasteiger partial charge is 0.306 e. The predicted octanol–water partition coefficient (Wildman–Crippen LogP) is 3.94. The Hall–Kier alpha value is -3.27. The van der Waals surface area contributed by atoms with Crippen LogP contribution in [0.4, 0.5) is 0 Å². The van der Waals surface area contributed by atoms with Crippen LogP contribution < -0.4 is 5.32 Å². The molecule has 0 heterocycles. The molecule has 0 aromatic heterocycles. The molecule has 2 atom stereocenters. The molecule has 11 heteroatoms. The molecular weight excluding hydrogens is 492 g/mol. The van der Waals surface area contributed by atoms with Crippen molar-refractivity contribution in [3.8, 4) is 0 Å². The van der Waals surface area contributed by atoms with E-state index >= 15 is 0 Å². The first-order chi connectivity index (χ1) is 18.2. The second-order valence-electron chi connectivity index (χ2n) is 9.39. The number of Topliss-reactive ketones (excluding diaryl/α,β-unsaturated/α-hetero) is 2. The van der Waals surface area contributed by atoms with Crippen LogP contribution in [0.3, 0.4) is 0 Å². The fourth-order valence-electron chi connectivity index (χ4n) is 3.63. The van der Waals surface area contributed by atoms with Crippen LogP contribution in [0.15, 0.2) is 35.4 Å². The highest BCUT2D eigenvalue weighted by molar-refractivity contribution is 5.93. The number of amides is 1. The maximum atomic E-state index is 13.0. The Morgan fingerprint density at radius 2 is 1.68 bits per heavy atom. The molecule has 1 aromatic rings. The highest BCUT2D eigenvalue weighted by Gasteiger charge is 2.29. The van der Waals surface area contributed by atoms with E-state index in [0.717, 1.165) is 5.56 Å². The van der Waals surface area contributed by atoms with Gasteiger partial charge in [-0.3, -0.25) is 14.4 Å². The minimum atomic E-state index is -0.916. The number of nitrogens with zero attached hydrogens (tertiary/aromatic N) is 3. The summed E-state index contributed by atoms with van der Waals surface area (Å²) in [6.07, 6.45) is 0.763. The molecule has 11 nitrogen and oxygen atoms in total. The van der Waals surface area contributed by atoms with Gasteiger partial charge in [0.1, 0.15) is 12.4 Å². The number of benzene rings is 1. The van der Waals surface area contributed by atoms with Crippen molar-refractivity contribution in [1.82, 2.24) is 5.32 Å². The van der Waals surface area contributed by atoms with Gasteiger partial charge in [0, 0.05) is 30.9 Å². The molecule has 0 unspecified atom stereocenters. The fourth-order valence-corrected chi connectivity index (χ4v) is 3.63. The van der Waals surface area contributed by atoms with E-state index in [2.05, 4.69) is 15.3 Å². The summed E-state index contributed by atoms with van der Waals surface area (Å²) < 4.78 is 16.0. The number of nitrogens with one attached hydrogen (secondary N) is 1. The van der Waals surface area contributed by atoms with Crippen molar-refractivity contribution < 1.29 is 33.4 Å². The van der Waals surface area contributed by atoms with Gasteiger partial charge >= 0.3 is 5.97 Å². The summed E-state index contributed by atoms with van der Waals surface area (Å²) in [5.74, 6) is -2.22. The van der Waals surface area contributed by atoms with Crippen molar-refractivity contribution in [2.45, 2.75) is 65.5 Å². The normalized spacial score (nSPS) is 12.3. The fraction of sp³-hybridized carbons (Fsp3) is 0.630. The zero-order valence-electron chi connectivity index (χ0n) is 22.6. The van der Waals surface area contributed by atoms with Gasteiger partial charge in [0.05, 0.1) is 38.2 Å². The summed E-state index contributed by atoms with van der Waals surface area (Å²) >= 11 is 0. The molecule has 0 bridgehead atoms. The van der Waals surface area contributed by atoms with Gasteiger partial charge in [0.15, 0.2) is 5.78 Å². The molecule has 210 valence electrons. The average Bonchev–Trinajstić information content (AvgIpc) is 2.87. The second-order valence-corrected chi connectivity index (χ2v) is 9.39. The monoisotopic (exact) mass is 532 g/mol. The van der Waals surface area contributed by atoms with E-state index < -0.39 is 23.8 Å². The molecule has 1 amide bonds. The number of esters is 1. The highest BCUT2D eigenvalue weighted by atomic mass is 16.5. The molecule has 0 saturated carbocycles. The predicted molar refractivity (Wildman–Crippen MR) is 141 cm³/mol. The quantitative estimate of drug-likeness (QED) is 0.0826. The van der Waals surface area contributed by atoms with Crippen LogP contribution >= 0.6 is 0 Å². The summed E-state index contributed by atoms with van der Waals surface area (Å²) in [6, 6.07) is 8.44. The number of carbonyl (C=O) groups excluding carboxylic acids is 4. The van der Waals surface area contributed by atoms with Crippen LogP contribution in [0.25, 0.3) is 10.4 Å². The third-order valence-corrected chi connectivity index (χ3v) is 5.46. The number of ketones is 2. The molecule has 1 N–H and O–H groups in total. The van der Waals surface area contributed by atoms with E-state index in [4.69, 9.17) is 19.7 Å². The van der Waals surface area contributed by atoms with E-state index in [1.807, 2.05) is 44.2 Å². The topological polar surface area (TPSA) is 157 Å². The first-order valence-corrected chi connectivity index (χ1v) is 12.9. The van der Waals surface area contributed by atoms with Crippen molar-refractivity contribution in [3.63, 3.8) is 0 Å². The molecular formula is C27H40N4O7. The van der Waals surface area contributed by atoms with Crippen molar-refractivity contribution in [2.24, 2.45) is 17.0 Å². The number of hydrogen-bond donors (Lipinski definition) is 1. The number of hydrogen-bond acceptors (Lipinski definition) is 8.